The molecular weight excluding hydrogens is 250 g/mol. The molecule has 2 rings (SSSR count). The fourth-order valence-electron chi connectivity index (χ4n) is 2.84. The molecule has 1 unspecified atom stereocenters. The molecule has 0 saturated carbocycles. The van der Waals surface area contributed by atoms with E-state index in [1.165, 1.54) is 19.4 Å². The molecule has 1 aliphatic rings. The Morgan fingerprint density at radius 3 is 3.00 bits per heavy atom. The van der Waals surface area contributed by atoms with Crippen molar-refractivity contribution in [2.45, 2.75) is 39.3 Å². The summed E-state index contributed by atoms with van der Waals surface area (Å²) in [5.74, 6) is 0.975. The van der Waals surface area contributed by atoms with E-state index in [0.29, 0.717) is 6.04 Å². The van der Waals surface area contributed by atoms with E-state index < -0.39 is 0 Å². The Kier molecular flexibility index (Phi) is 5.73. The fraction of sp³-hybridized carbons (Fsp3) is 0.733. The molecule has 1 N–H and O–H groups in total. The molecule has 0 aromatic carbocycles. The minimum Gasteiger partial charge on any atom is -0.357 e. The molecule has 1 fully saturated rings. The molecule has 5 heteroatoms. The van der Waals surface area contributed by atoms with Crippen molar-refractivity contribution in [2.24, 2.45) is 0 Å². The third-order valence-corrected chi connectivity index (χ3v) is 4.01. The molecule has 0 spiro atoms. The van der Waals surface area contributed by atoms with Gasteiger partial charge in [0.1, 0.15) is 5.82 Å². The Balaban J connectivity index is 1.96. The number of likely N-dealkylation sites (tertiary alicyclic amines) is 1. The Hall–Kier alpha value is -1.20. The van der Waals surface area contributed by atoms with Gasteiger partial charge in [0.05, 0.1) is 11.9 Å². The summed E-state index contributed by atoms with van der Waals surface area (Å²) in [5.41, 5.74) is 1.01. The number of hydrogen-bond acceptors (Lipinski definition) is 5. The average molecular weight is 277 g/mol. The summed E-state index contributed by atoms with van der Waals surface area (Å²) in [7, 11) is 2.12. The molecule has 0 bridgehead atoms. The van der Waals surface area contributed by atoms with Crippen LogP contribution in [0.15, 0.2) is 12.4 Å². The summed E-state index contributed by atoms with van der Waals surface area (Å²) in [6, 6.07) is 0.657. The van der Waals surface area contributed by atoms with E-state index in [9.17, 15) is 0 Å². The van der Waals surface area contributed by atoms with E-state index in [1.54, 1.807) is 0 Å². The Labute approximate surface area is 122 Å². The van der Waals surface area contributed by atoms with Crippen molar-refractivity contribution in [2.75, 3.05) is 38.1 Å². The highest BCUT2D eigenvalue weighted by Crippen LogP contribution is 2.19. The van der Waals surface area contributed by atoms with Gasteiger partial charge in [0.15, 0.2) is 0 Å². The lowest BCUT2D eigenvalue weighted by Gasteiger charge is -2.28. The highest BCUT2D eigenvalue weighted by Gasteiger charge is 2.24. The number of nitrogens with zero attached hydrogens (tertiary/aromatic N) is 4. The van der Waals surface area contributed by atoms with Crippen molar-refractivity contribution in [1.29, 1.82) is 0 Å². The van der Waals surface area contributed by atoms with Crippen molar-refractivity contribution in [3.05, 3.63) is 18.1 Å². The summed E-state index contributed by atoms with van der Waals surface area (Å²) in [6.45, 7) is 9.50. The third-order valence-electron chi connectivity index (χ3n) is 4.01. The summed E-state index contributed by atoms with van der Waals surface area (Å²) < 4.78 is 0. The van der Waals surface area contributed by atoms with E-state index in [2.05, 4.69) is 46.0 Å². The first-order valence-electron chi connectivity index (χ1n) is 7.71. The molecule has 5 nitrogen and oxygen atoms in total. The molecular formula is C15H27N5. The zero-order chi connectivity index (χ0) is 14.4. The van der Waals surface area contributed by atoms with Crippen molar-refractivity contribution in [3.8, 4) is 0 Å². The number of likely N-dealkylation sites (N-methyl/N-ethyl adjacent to an activating group) is 2. The van der Waals surface area contributed by atoms with Crippen LogP contribution in [0.2, 0.25) is 0 Å². The monoisotopic (exact) mass is 277 g/mol. The van der Waals surface area contributed by atoms with Crippen LogP contribution in [-0.4, -0.2) is 54.1 Å². The zero-order valence-electron chi connectivity index (χ0n) is 13.0. The Morgan fingerprint density at radius 2 is 2.25 bits per heavy atom. The summed E-state index contributed by atoms with van der Waals surface area (Å²) in [4.78, 5) is 13.8. The van der Waals surface area contributed by atoms with Crippen molar-refractivity contribution < 1.29 is 0 Å². The van der Waals surface area contributed by atoms with Crippen LogP contribution in [-0.2, 0) is 6.54 Å². The standard InChI is InChI=1S/C15H27N5/c1-4-16-9-13-10-17-11-15(18-13)19(3)12-14-7-6-8-20(14)5-2/h10-11,14,16H,4-9,12H2,1-3H3. The smallest absolute Gasteiger partial charge is 0.147 e. The van der Waals surface area contributed by atoms with Crippen LogP contribution in [0.4, 0.5) is 5.82 Å². The van der Waals surface area contributed by atoms with Gasteiger partial charge in [-0.25, -0.2) is 4.98 Å². The van der Waals surface area contributed by atoms with Gasteiger partial charge >= 0.3 is 0 Å². The maximum atomic E-state index is 4.69. The van der Waals surface area contributed by atoms with Crippen LogP contribution in [0.25, 0.3) is 0 Å². The van der Waals surface area contributed by atoms with E-state index in [1.807, 2.05) is 12.4 Å². The quantitative estimate of drug-likeness (QED) is 0.818. The number of anilines is 1. The van der Waals surface area contributed by atoms with E-state index in [0.717, 1.165) is 37.7 Å². The average Bonchev–Trinajstić information content (AvgIpc) is 2.92. The molecule has 0 amide bonds. The van der Waals surface area contributed by atoms with Gasteiger partial charge < -0.3 is 10.2 Å². The normalized spacial score (nSPS) is 19.4. The molecule has 1 atom stereocenters. The maximum Gasteiger partial charge on any atom is 0.147 e. The highest BCUT2D eigenvalue weighted by molar-refractivity contribution is 5.35. The second kappa shape index (κ2) is 7.55. The summed E-state index contributed by atoms with van der Waals surface area (Å²) in [6.07, 6.45) is 6.32. The minimum atomic E-state index is 0.657. The molecule has 1 aromatic heterocycles. The topological polar surface area (TPSA) is 44.3 Å². The second-order valence-corrected chi connectivity index (χ2v) is 5.45. The second-order valence-electron chi connectivity index (χ2n) is 5.45. The van der Waals surface area contributed by atoms with Crippen LogP contribution in [0.5, 0.6) is 0 Å². The van der Waals surface area contributed by atoms with E-state index in [4.69, 9.17) is 0 Å². The molecule has 1 saturated heterocycles. The summed E-state index contributed by atoms with van der Waals surface area (Å²) in [5, 5.41) is 3.29. The van der Waals surface area contributed by atoms with Gasteiger partial charge in [-0.1, -0.05) is 13.8 Å². The van der Waals surface area contributed by atoms with Gasteiger partial charge in [-0.05, 0) is 32.5 Å². The number of hydrogen-bond donors (Lipinski definition) is 1. The van der Waals surface area contributed by atoms with Gasteiger partial charge in [0.2, 0.25) is 0 Å². The van der Waals surface area contributed by atoms with Crippen LogP contribution >= 0.6 is 0 Å². The van der Waals surface area contributed by atoms with Gasteiger partial charge in [-0.3, -0.25) is 9.88 Å². The number of nitrogens with one attached hydrogen (secondary N) is 1. The molecule has 1 aliphatic heterocycles. The minimum absolute atomic E-state index is 0.657. The Bertz CT molecular complexity index is 409. The van der Waals surface area contributed by atoms with Crippen LogP contribution < -0.4 is 10.2 Å². The molecule has 0 radical (unpaired) electrons. The maximum absolute atomic E-state index is 4.69. The van der Waals surface area contributed by atoms with Gasteiger partial charge in [0, 0.05) is 32.4 Å². The largest absolute Gasteiger partial charge is 0.357 e. The molecule has 2 heterocycles. The van der Waals surface area contributed by atoms with Gasteiger partial charge in [0.25, 0.3) is 0 Å². The van der Waals surface area contributed by atoms with Crippen LogP contribution in [0, 0.1) is 0 Å². The first kappa shape index (κ1) is 15.2. The first-order valence-corrected chi connectivity index (χ1v) is 7.71. The van der Waals surface area contributed by atoms with Crippen LogP contribution in [0.3, 0.4) is 0 Å². The lowest BCUT2D eigenvalue weighted by atomic mass is 10.2. The molecule has 112 valence electrons. The van der Waals surface area contributed by atoms with Crippen molar-refractivity contribution in [1.82, 2.24) is 20.2 Å². The zero-order valence-corrected chi connectivity index (χ0v) is 13.0. The fourth-order valence-corrected chi connectivity index (χ4v) is 2.84. The third kappa shape index (κ3) is 3.90. The highest BCUT2D eigenvalue weighted by atomic mass is 15.2. The predicted octanol–water partition coefficient (Wildman–Crippen LogP) is 1.51. The van der Waals surface area contributed by atoms with Gasteiger partial charge in [-0.15, -0.1) is 0 Å². The first-order chi connectivity index (χ1) is 9.74. The molecule has 20 heavy (non-hydrogen) atoms. The van der Waals surface area contributed by atoms with Crippen molar-refractivity contribution >= 4 is 5.82 Å². The molecule has 1 aromatic rings. The summed E-state index contributed by atoms with van der Waals surface area (Å²) >= 11 is 0. The number of rotatable bonds is 7. The van der Waals surface area contributed by atoms with Crippen LogP contribution in [0.1, 0.15) is 32.4 Å². The van der Waals surface area contributed by atoms with E-state index in [-0.39, 0.29) is 0 Å². The predicted molar refractivity (Wildman–Crippen MR) is 83.0 cm³/mol. The SMILES string of the molecule is CCNCc1cncc(N(C)CC2CCCN2CC)n1. The Morgan fingerprint density at radius 1 is 1.40 bits per heavy atom. The number of aromatic nitrogens is 2. The van der Waals surface area contributed by atoms with E-state index >= 15 is 0 Å². The van der Waals surface area contributed by atoms with Gasteiger partial charge in [-0.2, -0.15) is 0 Å². The molecule has 0 aliphatic carbocycles. The lowest BCUT2D eigenvalue weighted by Crippen LogP contribution is -2.39. The van der Waals surface area contributed by atoms with Crippen molar-refractivity contribution in [3.63, 3.8) is 0 Å². The lowest BCUT2D eigenvalue weighted by molar-refractivity contribution is 0.270.